The summed E-state index contributed by atoms with van der Waals surface area (Å²) in [6.07, 6.45) is 0. The standard InChI is InChI=1S/C14H19NO4/c1-10(2)9-19-14(17)13(16)15-8-11-4-6-12(18-3)7-5-11/h4-7,10H,8-9H2,1-3H3,(H,15,16). The van der Waals surface area contributed by atoms with Crippen LogP contribution in [0.3, 0.4) is 0 Å². The van der Waals surface area contributed by atoms with E-state index in [2.05, 4.69) is 5.32 Å². The summed E-state index contributed by atoms with van der Waals surface area (Å²) in [4.78, 5) is 22.8. The van der Waals surface area contributed by atoms with Gasteiger partial charge >= 0.3 is 11.9 Å². The van der Waals surface area contributed by atoms with Crippen LogP contribution in [0.25, 0.3) is 0 Å². The molecule has 1 aromatic rings. The molecule has 19 heavy (non-hydrogen) atoms. The summed E-state index contributed by atoms with van der Waals surface area (Å²) >= 11 is 0. The molecule has 1 N–H and O–H groups in total. The zero-order valence-corrected chi connectivity index (χ0v) is 11.4. The first kappa shape index (κ1) is 15.0. The number of benzene rings is 1. The smallest absolute Gasteiger partial charge is 0.396 e. The number of nitrogens with one attached hydrogen (secondary N) is 1. The Morgan fingerprint density at radius 1 is 1.21 bits per heavy atom. The minimum absolute atomic E-state index is 0.207. The van der Waals surface area contributed by atoms with E-state index in [0.717, 1.165) is 11.3 Å². The van der Waals surface area contributed by atoms with E-state index >= 15 is 0 Å². The fraction of sp³-hybridized carbons (Fsp3) is 0.429. The molecule has 0 saturated carbocycles. The van der Waals surface area contributed by atoms with Crippen LogP contribution < -0.4 is 10.1 Å². The second kappa shape index (κ2) is 7.41. The van der Waals surface area contributed by atoms with Crippen molar-refractivity contribution in [1.29, 1.82) is 0 Å². The van der Waals surface area contributed by atoms with Gasteiger partial charge < -0.3 is 14.8 Å². The predicted octanol–water partition coefficient (Wildman–Crippen LogP) is 1.51. The van der Waals surface area contributed by atoms with E-state index in [9.17, 15) is 9.59 Å². The summed E-state index contributed by atoms with van der Waals surface area (Å²) in [5.41, 5.74) is 0.880. The molecule has 1 amide bonds. The zero-order valence-electron chi connectivity index (χ0n) is 11.4. The Morgan fingerprint density at radius 3 is 2.37 bits per heavy atom. The molecule has 0 unspecified atom stereocenters. The Labute approximate surface area is 112 Å². The predicted molar refractivity (Wildman–Crippen MR) is 70.6 cm³/mol. The highest BCUT2D eigenvalue weighted by Gasteiger charge is 2.15. The molecule has 0 aliphatic carbocycles. The van der Waals surface area contributed by atoms with Crippen LogP contribution in [0.1, 0.15) is 19.4 Å². The Kier molecular flexibility index (Phi) is 5.85. The fourth-order valence-corrected chi connectivity index (χ4v) is 1.31. The maximum absolute atomic E-state index is 11.4. The molecule has 5 nitrogen and oxygen atoms in total. The summed E-state index contributed by atoms with van der Waals surface area (Å²) in [5.74, 6) is -0.622. The van der Waals surface area contributed by atoms with Crippen molar-refractivity contribution in [1.82, 2.24) is 5.32 Å². The van der Waals surface area contributed by atoms with E-state index in [1.807, 2.05) is 26.0 Å². The summed E-state index contributed by atoms with van der Waals surface area (Å²) in [7, 11) is 1.58. The van der Waals surface area contributed by atoms with Gasteiger partial charge in [-0.25, -0.2) is 4.79 Å². The minimum atomic E-state index is -0.845. The highest BCUT2D eigenvalue weighted by molar-refractivity contribution is 6.32. The number of carbonyl (C=O) groups excluding carboxylic acids is 2. The van der Waals surface area contributed by atoms with Gasteiger partial charge in [0.25, 0.3) is 0 Å². The first-order valence-electron chi connectivity index (χ1n) is 6.10. The highest BCUT2D eigenvalue weighted by Crippen LogP contribution is 2.10. The topological polar surface area (TPSA) is 64.6 Å². The minimum Gasteiger partial charge on any atom is -0.497 e. The molecule has 0 radical (unpaired) electrons. The van der Waals surface area contributed by atoms with Crippen LogP contribution in [0.5, 0.6) is 5.75 Å². The number of amides is 1. The maximum Gasteiger partial charge on any atom is 0.396 e. The number of hydrogen-bond donors (Lipinski definition) is 1. The molecule has 0 saturated heterocycles. The quantitative estimate of drug-likeness (QED) is 0.647. The molecule has 0 fully saturated rings. The third-order valence-electron chi connectivity index (χ3n) is 2.35. The Bertz CT molecular complexity index is 426. The Morgan fingerprint density at radius 2 is 1.84 bits per heavy atom. The SMILES string of the molecule is COc1ccc(CNC(=O)C(=O)OCC(C)C)cc1. The van der Waals surface area contributed by atoms with E-state index < -0.39 is 11.9 Å². The molecule has 1 rings (SSSR count). The van der Waals surface area contributed by atoms with Gasteiger partial charge in [0.2, 0.25) is 0 Å². The Balaban J connectivity index is 2.38. The van der Waals surface area contributed by atoms with Crippen LogP contribution >= 0.6 is 0 Å². The molecule has 104 valence electrons. The van der Waals surface area contributed by atoms with Gasteiger partial charge in [-0.1, -0.05) is 26.0 Å². The van der Waals surface area contributed by atoms with E-state index in [-0.39, 0.29) is 19.1 Å². The number of rotatable bonds is 5. The van der Waals surface area contributed by atoms with Crippen molar-refractivity contribution in [3.8, 4) is 5.75 Å². The second-order valence-electron chi connectivity index (χ2n) is 4.52. The van der Waals surface area contributed by atoms with Gasteiger partial charge in [-0.3, -0.25) is 4.79 Å². The van der Waals surface area contributed by atoms with Gasteiger partial charge in [-0.05, 0) is 23.6 Å². The normalized spacial score (nSPS) is 10.1. The Hall–Kier alpha value is -2.04. The molecule has 0 atom stereocenters. The van der Waals surface area contributed by atoms with Gasteiger partial charge in [0, 0.05) is 6.54 Å². The van der Waals surface area contributed by atoms with Crippen molar-refractivity contribution >= 4 is 11.9 Å². The fourth-order valence-electron chi connectivity index (χ4n) is 1.31. The van der Waals surface area contributed by atoms with E-state index in [0.29, 0.717) is 0 Å². The number of esters is 1. The summed E-state index contributed by atoms with van der Waals surface area (Å²) in [6.45, 7) is 4.33. The van der Waals surface area contributed by atoms with Crippen molar-refractivity contribution in [3.05, 3.63) is 29.8 Å². The van der Waals surface area contributed by atoms with Crippen molar-refractivity contribution in [2.75, 3.05) is 13.7 Å². The van der Waals surface area contributed by atoms with E-state index in [1.165, 1.54) is 0 Å². The van der Waals surface area contributed by atoms with Gasteiger partial charge in [0.1, 0.15) is 5.75 Å². The van der Waals surface area contributed by atoms with Gasteiger partial charge in [-0.2, -0.15) is 0 Å². The number of carbonyl (C=O) groups is 2. The van der Waals surface area contributed by atoms with Gasteiger partial charge in [0.15, 0.2) is 0 Å². The second-order valence-corrected chi connectivity index (χ2v) is 4.52. The van der Waals surface area contributed by atoms with Crippen LogP contribution in [0, 0.1) is 5.92 Å². The molecule has 0 spiro atoms. The molecule has 1 aromatic carbocycles. The average Bonchev–Trinajstić information content (AvgIpc) is 2.42. The first-order valence-corrected chi connectivity index (χ1v) is 6.10. The van der Waals surface area contributed by atoms with Crippen LogP contribution in [0.15, 0.2) is 24.3 Å². The molecule has 0 aliphatic rings. The van der Waals surface area contributed by atoms with Gasteiger partial charge in [-0.15, -0.1) is 0 Å². The number of methoxy groups -OCH3 is 1. The van der Waals surface area contributed by atoms with Crippen LogP contribution in [-0.2, 0) is 20.9 Å². The lowest BCUT2D eigenvalue weighted by Gasteiger charge is -2.08. The monoisotopic (exact) mass is 265 g/mol. The molecule has 0 bridgehead atoms. The molecule has 0 aromatic heterocycles. The first-order chi connectivity index (χ1) is 9.02. The molecular weight excluding hydrogens is 246 g/mol. The van der Waals surface area contributed by atoms with Crippen molar-refractivity contribution in [2.24, 2.45) is 5.92 Å². The lowest BCUT2D eigenvalue weighted by Crippen LogP contribution is -2.32. The summed E-state index contributed by atoms with van der Waals surface area (Å²) < 4.78 is 9.85. The highest BCUT2D eigenvalue weighted by atomic mass is 16.5. The van der Waals surface area contributed by atoms with Crippen molar-refractivity contribution in [3.63, 3.8) is 0 Å². The summed E-state index contributed by atoms with van der Waals surface area (Å²) in [5, 5.41) is 2.51. The number of hydrogen-bond acceptors (Lipinski definition) is 4. The number of ether oxygens (including phenoxy) is 2. The third kappa shape index (κ3) is 5.42. The largest absolute Gasteiger partial charge is 0.497 e. The van der Waals surface area contributed by atoms with E-state index in [1.54, 1.807) is 19.2 Å². The van der Waals surface area contributed by atoms with Crippen LogP contribution in [-0.4, -0.2) is 25.6 Å². The molecule has 0 heterocycles. The summed E-state index contributed by atoms with van der Waals surface area (Å²) in [6, 6.07) is 7.22. The lowest BCUT2D eigenvalue weighted by atomic mass is 10.2. The third-order valence-corrected chi connectivity index (χ3v) is 2.35. The lowest BCUT2D eigenvalue weighted by molar-refractivity contribution is -0.155. The average molecular weight is 265 g/mol. The maximum atomic E-state index is 11.4. The van der Waals surface area contributed by atoms with Crippen molar-refractivity contribution < 1.29 is 19.1 Å². The van der Waals surface area contributed by atoms with Crippen molar-refractivity contribution in [2.45, 2.75) is 20.4 Å². The molecule has 0 aliphatic heterocycles. The van der Waals surface area contributed by atoms with E-state index in [4.69, 9.17) is 9.47 Å². The van der Waals surface area contributed by atoms with Gasteiger partial charge in [0.05, 0.1) is 13.7 Å². The van der Waals surface area contributed by atoms with Crippen LogP contribution in [0.2, 0.25) is 0 Å². The molecule has 5 heteroatoms. The van der Waals surface area contributed by atoms with Crippen LogP contribution in [0.4, 0.5) is 0 Å². The molecular formula is C14H19NO4. The zero-order chi connectivity index (χ0) is 14.3.